The zero-order chi connectivity index (χ0) is 15.9. The van der Waals surface area contributed by atoms with E-state index in [1.165, 1.54) is 0 Å². The summed E-state index contributed by atoms with van der Waals surface area (Å²) in [4.78, 5) is 4.18. The first-order valence-corrected chi connectivity index (χ1v) is 7.47. The molecule has 0 aliphatic heterocycles. The highest BCUT2D eigenvalue weighted by Gasteiger charge is 2.09. The predicted octanol–water partition coefficient (Wildman–Crippen LogP) is 2.47. The van der Waals surface area contributed by atoms with Gasteiger partial charge in [-0.05, 0) is 26.7 Å². The second kappa shape index (κ2) is 10.0. The van der Waals surface area contributed by atoms with Crippen molar-refractivity contribution < 1.29 is 4.52 Å². The Bertz CT molecular complexity index is 451. The molecular weight excluding hydrogens is 393 g/mol. The molecule has 0 unspecified atom stereocenters. The first-order chi connectivity index (χ1) is 9.81. The third kappa shape index (κ3) is 8.57. The van der Waals surface area contributed by atoms with Gasteiger partial charge in [0.15, 0.2) is 11.7 Å². The van der Waals surface area contributed by atoms with Gasteiger partial charge in [-0.3, -0.25) is 4.99 Å². The Morgan fingerprint density at radius 3 is 2.45 bits per heavy atom. The minimum Gasteiger partial charge on any atom is -0.359 e. The molecule has 0 fully saturated rings. The summed E-state index contributed by atoms with van der Waals surface area (Å²) in [6.45, 7) is 12.9. The van der Waals surface area contributed by atoms with Crippen molar-refractivity contribution in [3.05, 3.63) is 17.5 Å². The number of rotatable bonds is 6. The number of aromatic nitrogens is 1. The molecule has 7 heteroatoms. The maximum atomic E-state index is 5.28. The molecule has 1 aromatic rings. The van der Waals surface area contributed by atoms with Crippen molar-refractivity contribution in [3.8, 4) is 0 Å². The standard InChI is InChI=1S/C15H29N5O.HI/c1-11(2)13-9-12(21-20-13)10-18-14(16-6)17-7-8-19-15(3,4)5;/h9,11,19H,7-8,10H2,1-6H3,(H2,16,17,18);1H. The molecular formula is C15H30IN5O. The molecule has 1 aromatic heterocycles. The average molecular weight is 423 g/mol. The van der Waals surface area contributed by atoms with Crippen LogP contribution in [0.1, 0.15) is 52.0 Å². The number of halogens is 1. The van der Waals surface area contributed by atoms with E-state index in [-0.39, 0.29) is 29.5 Å². The Morgan fingerprint density at radius 2 is 1.95 bits per heavy atom. The number of nitrogens with zero attached hydrogens (tertiary/aromatic N) is 2. The first-order valence-electron chi connectivity index (χ1n) is 7.47. The lowest BCUT2D eigenvalue weighted by Gasteiger charge is -2.21. The smallest absolute Gasteiger partial charge is 0.191 e. The topological polar surface area (TPSA) is 74.5 Å². The van der Waals surface area contributed by atoms with Crippen molar-refractivity contribution in [2.75, 3.05) is 20.1 Å². The quantitative estimate of drug-likeness (QED) is 0.284. The van der Waals surface area contributed by atoms with Gasteiger partial charge in [0.2, 0.25) is 0 Å². The van der Waals surface area contributed by atoms with E-state index in [0.29, 0.717) is 12.5 Å². The number of hydrogen-bond acceptors (Lipinski definition) is 4. The van der Waals surface area contributed by atoms with Gasteiger partial charge in [0.25, 0.3) is 0 Å². The SMILES string of the molecule is CN=C(NCCNC(C)(C)C)NCc1cc(C(C)C)no1.I. The van der Waals surface area contributed by atoms with Gasteiger partial charge in [-0.1, -0.05) is 19.0 Å². The molecule has 0 aliphatic carbocycles. The van der Waals surface area contributed by atoms with Crippen LogP contribution < -0.4 is 16.0 Å². The average Bonchev–Trinajstić information content (AvgIpc) is 2.85. The van der Waals surface area contributed by atoms with E-state index in [4.69, 9.17) is 4.52 Å². The van der Waals surface area contributed by atoms with Crippen LogP contribution in [0.4, 0.5) is 0 Å². The Kier molecular flexibility index (Phi) is 9.66. The van der Waals surface area contributed by atoms with E-state index in [9.17, 15) is 0 Å². The summed E-state index contributed by atoms with van der Waals surface area (Å²) < 4.78 is 5.28. The molecule has 0 saturated carbocycles. The molecule has 3 N–H and O–H groups in total. The lowest BCUT2D eigenvalue weighted by molar-refractivity contribution is 0.372. The van der Waals surface area contributed by atoms with Crippen LogP contribution in [-0.4, -0.2) is 36.8 Å². The summed E-state index contributed by atoms with van der Waals surface area (Å²) >= 11 is 0. The minimum atomic E-state index is 0. The van der Waals surface area contributed by atoms with Crippen molar-refractivity contribution >= 4 is 29.9 Å². The van der Waals surface area contributed by atoms with E-state index in [0.717, 1.165) is 30.5 Å². The van der Waals surface area contributed by atoms with E-state index >= 15 is 0 Å². The van der Waals surface area contributed by atoms with E-state index in [1.807, 2.05) is 6.07 Å². The van der Waals surface area contributed by atoms with Gasteiger partial charge in [0.05, 0.1) is 12.2 Å². The Morgan fingerprint density at radius 1 is 1.27 bits per heavy atom. The van der Waals surface area contributed by atoms with Gasteiger partial charge in [0.1, 0.15) is 0 Å². The molecule has 0 amide bonds. The lowest BCUT2D eigenvalue weighted by atomic mass is 10.1. The van der Waals surface area contributed by atoms with Crippen LogP contribution in [0.15, 0.2) is 15.6 Å². The van der Waals surface area contributed by atoms with Gasteiger partial charge in [-0.2, -0.15) is 0 Å². The maximum Gasteiger partial charge on any atom is 0.191 e. The summed E-state index contributed by atoms with van der Waals surface area (Å²) in [5, 5.41) is 13.9. The lowest BCUT2D eigenvalue weighted by Crippen LogP contribution is -2.44. The normalized spacial score (nSPS) is 12.2. The molecule has 0 bridgehead atoms. The molecule has 1 heterocycles. The fraction of sp³-hybridized carbons (Fsp3) is 0.733. The Hall–Kier alpha value is -0.830. The van der Waals surface area contributed by atoms with E-state index < -0.39 is 0 Å². The summed E-state index contributed by atoms with van der Waals surface area (Å²) in [6.07, 6.45) is 0. The molecule has 0 aliphatic rings. The summed E-state index contributed by atoms with van der Waals surface area (Å²) in [6, 6.07) is 1.98. The highest BCUT2D eigenvalue weighted by atomic mass is 127. The van der Waals surface area contributed by atoms with Crippen LogP contribution >= 0.6 is 24.0 Å². The molecule has 1 rings (SSSR count). The minimum absolute atomic E-state index is 0. The summed E-state index contributed by atoms with van der Waals surface area (Å²) in [5.41, 5.74) is 1.11. The highest BCUT2D eigenvalue weighted by molar-refractivity contribution is 14.0. The molecule has 6 nitrogen and oxygen atoms in total. The third-order valence-electron chi connectivity index (χ3n) is 2.90. The van der Waals surface area contributed by atoms with Gasteiger partial charge in [-0.25, -0.2) is 0 Å². The third-order valence-corrected chi connectivity index (χ3v) is 2.90. The number of hydrogen-bond donors (Lipinski definition) is 3. The molecule has 0 atom stereocenters. The van der Waals surface area contributed by atoms with Crippen LogP contribution in [0.25, 0.3) is 0 Å². The molecule has 0 radical (unpaired) electrons. The fourth-order valence-electron chi connectivity index (χ4n) is 1.69. The first kappa shape index (κ1) is 21.2. The van der Waals surface area contributed by atoms with Gasteiger partial charge >= 0.3 is 0 Å². The fourth-order valence-corrected chi connectivity index (χ4v) is 1.69. The monoisotopic (exact) mass is 423 g/mol. The molecule has 0 aromatic carbocycles. The molecule has 0 saturated heterocycles. The Labute approximate surface area is 150 Å². The van der Waals surface area contributed by atoms with Crippen molar-refractivity contribution in [2.24, 2.45) is 4.99 Å². The number of guanidine groups is 1. The number of nitrogens with one attached hydrogen (secondary N) is 3. The van der Waals surface area contributed by atoms with Gasteiger partial charge in [0, 0.05) is 31.7 Å². The summed E-state index contributed by atoms with van der Waals surface area (Å²) in [5.74, 6) is 1.95. The zero-order valence-corrected chi connectivity index (χ0v) is 16.8. The number of aliphatic imine (C=N–C) groups is 1. The molecule has 128 valence electrons. The maximum absolute atomic E-state index is 5.28. The predicted molar refractivity (Wildman–Crippen MR) is 102 cm³/mol. The van der Waals surface area contributed by atoms with Gasteiger partial charge in [-0.15, -0.1) is 24.0 Å². The van der Waals surface area contributed by atoms with Gasteiger partial charge < -0.3 is 20.5 Å². The van der Waals surface area contributed by atoms with Crippen LogP contribution in [0.3, 0.4) is 0 Å². The largest absolute Gasteiger partial charge is 0.359 e. The van der Waals surface area contributed by atoms with Crippen molar-refractivity contribution in [2.45, 2.75) is 52.6 Å². The van der Waals surface area contributed by atoms with Crippen molar-refractivity contribution in [1.82, 2.24) is 21.1 Å². The Balaban J connectivity index is 0.00000441. The van der Waals surface area contributed by atoms with Crippen LogP contribution in [0.2, 0.25) is 0 Å². The zero-order valence-electron chi connectivity index (χ0n) is 14.5. The van der Waals surface area contributed by atoms with Crippen LogP contribution in [-0.2, 0) is 6.54 Å². The van der Waals surface area contributed by atoms with E-state index in [1.54, 1.807) is 7.05 Å². The van der Waals surface area contributed by atoms with Crippen molar-refractivity contribution in [1.29, 1.82) is 0 Å². The van der Waals surface area contributed by atoms with Crippen molar-refractivity contribution in [3.63, 3.8) is 0 Å². The molecule has 22 heavy (non-hydrogen) atoms. The highest BCUT2D eigenvalue weighted by Crippen LogP contribution is 2.13. The molecule has 0 spiro atoms. The van der Waals surface area contributed by atoms with E-state index in [2.05, 4.69) is 60.7 Å². The second-order valence-corrected chi connectivity index (χ2v) is 6.40. The van der Waals surface area contributed by atoms with Crippen LogP contribution in [0, 0.1) is 0 Å². The summed E-state index contributed by atoms with van der Waals surface area (Å²) in [7, 11) is 1.76. The second-order valence-electron chi connectivity index (χ2n) is 6.40. The van der Waals surface area contributed by atoms with Crippen LogP contribution in [0.5, 0.6) is 0 Å².